The molecule has 0 unspecified atom stereocenters. The average Bonchev–Trinajstić information content (AvgIpc) is 2.48. The van der Waals surface area contributed by atoms with Gasteiger partial charge in [0.25, 0.3) is 5.91 Å². The van der Waals surface area contributed by atoms with Crippen LogP contribution in [0.25, 0.3) is 0 Å². The summed E-state index contributed by atoms with van der Waals surface area (Å²) >= 11 is 6.58. The monoisotopic (exact) mass is 263 g/mol. The van der Waals surface area contributed by atoms with Crippen molar-refractivity contribution in [2.75, 3.05) is 0 Å². The number of aromatic nitrogens is 2. The second-order valence-corrected chi connectivity index (χ2v) is 6.06. The van der Waals surface area contributed by atoms with E-state index in [0.717, 1.165) is 11.3 Å². The summed E-state index contributed by atoms with van der Waals surface area (Å²) in [4.78, 5) is 11.7. The van der Waals surface area contributed by atoms with E-state index in [4.69, 9.17) is 11.6 Å². The first-order valence-electron chi connectivity index (χ1n) is 4.67. The number of amides is 1. The molecule has 0 atom stereocenters. The van der Waals surface area contributed by atoms with E-state index >= 15 is 0 Å². The fourth-order valence-electron chi connectivity index (χ4n) is 0.787. The maximum absolute atomic E-state index is 11.7. The topological polar surface area (TPSA) is 75.1 Å². The maximum atomic E-state index is 11.7. The van der Waals surface area contributed by atoms with Gasteiger partial charge in [0.1, 0.15) is 0 Å². The molecular formula is C9H14ClN3O2S. The van der Waals surface area contributed by atoms with Crippen molar-refractivity contribution in [3.8, 4) is 0 Å². The molecule has 1 amide bonds. The van der Waals surface area contributed by atoms with Crippen molar-refractivity contribution < 1.29 is 9.90 Å². The van der Waals surface area contributed by atoms with Gasteiger partial charge in [-0.3, -0.25) is 4.79 Å². The van der Waals surface area contributed by atoms with Gasteiger partial charge in [-0.05, 0) is 39.3 Å². The van der Waals surface area contributed by atoms with Crippen molar-refractivity contribution >= 4 is 28.8 Å². The predicted molar refractivity (Wildman–Crippen MR) is 62.8 cm³/mol. The lowest BCUT2D eigenvalue weighted by atomic mass is 9.86. The number of nitrogens with zero attached hydrogens (tertiary/aromatic N) is 2. The zero-order valence-electron chi connectivity index (χ0n) is 9.54. The van der Waals surface area contributed by atoms with Gasteiger partial charge in [0.05, 0.1) is 11.1 Å². The molecule has 0 aliphatic rings. The van der Waals surface area contributed by atoms with Crippen LogP contribution in [0, 0.1) is 0 Å². The molecule has 1 aromatic heterocycles. The first kappa shape index (κ1) is 13.3. The summed E-state index contributed by atoms with van der Waals surface area (Å²) in [7, 11) is 0. The molecule has 16 heavy (non-hydrogen) atoms. The number of aliphatic hydroxyl groups is 1. The fourth-order valence-corrected chi connectivity index (χ4v) is 1.51. The first-order chi connectivity index (χ1) is 7.13. The average molecular weight is 264 g/mol. The predicted octanol–water partition coefficient (Wildman–Crippen LogP) is 1.47. The van der Waals surface area contributed by atoms with Crippen molar-refractivity contribution in [2.45, 2.75) is 38.8 Å². The highest BCUT2D eigenvalue weighted by molar-refractivity contribution is 7.17. The number of halogens is 1. The Bertz CT molecular complexity index is 398. The summed E-state index contributed by atoms with van der Waals surface area (Å²) in [6.45, 7) is 6.71. The minimum absolute atomic E-state index is 0.183. The van der Waals surface area contributed by atoms with Crippen LogP contribution in [-0.4, -0.2) is 32.4 Å². The Hall–Kier alpha value is -0.720. The van der Waals surface area contributed by atoms with E-state index < -0.39 is 17.0 Å². The number of carbonyl (C=O) groups is 1. The van der Waals surface area contributed by atoms with Crippen LogP contribution in [0.2, 0.25) is 4.47 Å². The molecule has 0 spiro atoms. The Morgan fingerprint density at radius 3 is 2.31 bits per heavy atom. The Morgan fingerprint density at radius 2 is 1.94 bits per heavy atom. The second-order valence-electron chi connectivity index (χ2n) is 4.50. The lowest BCUT2D eigenvalue weighted by Gasteiger charge is -2.37. The van der Waals surface area contributed by atoms with Crippen LogP contribution in [0.4, 0.5) is 0 Å². The smallest absolute Gasteiger partial charge is 0.282 e. The molecule has 0 saturated heterocycles. The molecule has 7 heteroatoms. The van der Waals surface area contributed by atoms with Crippen LogP contribution >= 0.6 is 22.9 Å². The molecule has 0 bridgehead atoms. The van der Waals surface area contributed by atoms with Crippen LogP contribution in [0.1, 0.15) is 37.5 Å². The van der Waals surface area contributed by atoms with Crippen LogP contribution < -0.4 is 5.32 Å². The van der Waals surface area contributed by atoms with Crippen molar-refractivity contribution in [3.63, 3.8) is 0 Å². The first-order valence-corrected chi connectivity index (χ1v) is 5.87. The molecule has 0 aliphatic carbocycles. The minimum Gasteiger partial charge on any atom is -0.388 e. The van der Waals surface area contributed by atoms with Crippen molar-refractivity contribution in [1.29, 1.82) is 0 Å². The van der Waals surface area contributed by atoms with Crippen molar-refractivity contribution in [2.24, 2.45) is 0 Å². The SMILES string of the molecule is CC(C)(O)C(C)(C)NC(=O)c1nnc(Cl)s1. The summed E-state index contributed by atoms with van der Waals surface area (Å²) in [5.74, 6) is -0.392. The summed E-state index contributed by atoms with van der Waals surface area (Å²) in [6.07, 6.45) is 0. The highest BCUT2D eigenvalue weighted by Gasteiger charge is 2.37. The van der Waals surface area contributed by atoms with E-state index in [0.29, 0.717) is 0 Å². The summed E-state index contributed by atoms with van der Waals surface area (Å²) < 4.78 is 0.214. The number of rotatable bonds is 3. The second kappa shape index (κ2) is 4.27. The van der Waals surface area contributed by atoms with Gasteiger partial charge in [0, 0.05) is 0 Å². The number of carbonyl (C=O) groups excluding carboxylic acids is 1. The third-order valence-electron chi connectivity index (χ3n) is 2.55. The van der Waals surface area contributed by atoms with E-state index in [1.165, 1.54) is 0 Å². The van der Waals surface area contributed by atoms with Crippen LogP contribution in [0.15, 0.2) is 0 Å². The van der Waals surface area contributed by atoms with Gasteiger partial charge in [-0.2, -0.15) is 0 Å². The molecule has 0 radical (unpaired) electrons. The molecule has 0 fully saturated rings. The van der Waals surface area contributed by atoms with E-state index in [9.17, 15) is 9.90 Å². The Kier molecular flexibility index (Phi) is 3.56. The van der Waals surface area contributed by atoms with Crippen molar-refractivity contribution in [3.05, 3.63) is 9.47 Å². The molecule has 5 nitrogen and oxygen atoms in total. The highest BCUT2D eigenvalue weighted by atomic mass is 35.5. The standard InChI is InChI=1S/C9H14ClN3O2S/c1-8(2,9(3,4)15)11-5(14)6-12-13-7(10)16-6/h15H,1-4H3,(H,11,14). The number of nitrogens with one attached hydrogen (secondary N) is 1. The van der Waals surface area contributed by atoms with E-state index in [2.05, 4.69) is 15.5 Å². The van der Waals surface area contributed by atoms with Crippen LogP contribution in [0.3, 0.4) is 0 Å². The largest absolute Gasteiger partial charge is 0.388 e. The lowest BCUT2D eigenvalue weighted by molar-refractivity contribution is -0.00294. The van der Waals surface area contributed by atoms with E-state index in [1.54, 1.807) is 27.7 Å². The Balaban J connectivity index is 2.79. The molecular weight excluding hydrogens is 250 g/mol. The van der Waals surface area contributed by atoms with Crippen molar-refractivity contribution in [1.82, 2.24) is 15.5 Å². The summed E-state index contributed by atoms with van der Waals surface area (Å²) in [5.41, 5.74) is -1.82. The third kappa shape index (κ3) is 2.90. The molecule has 0 saturated carbocycles. The maximum Gasteiger partial charge on any atom is 0.282 e. The van der Waals surface area contributed by atoms with Gasteiger partial charge in [-0.15, -0.1) is 10.2 Å². The molecule has 1 rings (SSSR count). The number of hydrogen-bond donors (Lipinski definition) is 2. The zero-order valence-corrected chi connectivity index (χ0v) is 11.1. The molecule has 90 valence electrons. The molecule has 2 N–H and O–H groups in total. The van der Waals surface area contributed by atoms with Gasteiger partial charge in [0.2, 0.25) is 9.47 Å². The number of hydrogen-bond acceptors (Lipinski definition) is 5. The van der Waals surface area contributed by atoms with Gasteiger partial charge in [-0.1, -0.05) is 11.3 Å². The quantitative estimate of drug-likeness (QED) is 0.866. The highest BCUT2D eigenvalue weighted by Crippen LogP contribution is 2.22. The van der Waals surface area contributed by atoms with Crippen LogP contribution in [0.5, 0.6) is 0 Å². The lowest BCUT2D eigenvalue weighted by Crippen LogP contribution is -2.57. The Labute approximate surface area is 103 Å². The Morgan fingerprint density at radius 1 is 1.38 bits per heavy atom. The fraction of sp³-hybridized carbons (Fsp3) is 0.667. The summed E-state index contributed by atoms with van der Waals surface area (Å²) in [5, 5.41) is 19.9. The van der Waals surface area contributed by atoms with E-state index in [1.807, 2.05) is 0 Å². The van der Waals surface area contributed by atoms with Gasteiger partial charge >= 0.3 is 0 Å². The molecule has 0 aliphatic heterocycles. The minimum atomic E-state index is -1.04. The van der Waals surface area contributed by atoms with E-state index in [-0.39, 0.29) is 9.47 Å². The normalized spacial score (nSPS) is 12.6. The molecule has 1 heterocycles. The third-order valence-corrected chi connectivity index (χ3v) is 3.57. The van der Waals surface area contributed by atoms with Gasteiger partial charge in [-0.25, -0.2) is 0 Å². The molecule has 0 aromatic carbocycles. The molecule has 1 aromatic rings. The van der Waals surface area contributed by atoms with Gasteiger partial charge < -0.3 is 10.4 Å². The van der Waals surface area contributed by atoms with Crippen LogP contribution in [-0.2, 0) is 0 Å². The summed E-state index contributed by atoms with van der Waals surface area (Å²) in [6, 6.07) is 0. The zero-order chi connectivity index (χ0) is 12.6. The van der Waals surface area contributed by atoms with Gasteiger partial charge in [0.15, 0.2) is 0 Å².